The standard InChI is InChI=1S/C10H10N2O3S/c1-7(13)8-2-3-10(12-16(14)15)9(6-8)4-5-11/h2-3,6,12H,4H2,1H3,(H,14,15)/p-1. The number of carbonyl (C=O) groups is 1. The summed E-state index contributed by atoms with van der Waals surface area (Å²) >= 11 is -2.44. The van der Waals surface area contributed by atoms with Crippen LogP contribution in [0.1, 0.15) is 22.8 Å². The Hall–Kier alpha value is -1.71. The zero-order chi connectivity index (χ0) is 12.1. The topological polar surface area (TPSA) is 93.0 Å². The first-order chi connectivity index (χ1) is 7.54. The van der Waals surface area contributed by atoms with Crippen molar-refractivity contribution >= 4 is 22.7 Å². The monoisotopic (exact) mass is 237 g/mol. The molecule has 0 aliphatic heterocycles. The fourth-order valence-corrected chi connectivity index (χ4v) is 1.61. The molecule has 0 radical (unpaired) electrons. The Morgan fingerprint density at radius 1 is 1.62 bits per heavy atom. The molecular weight excluding hydrogens is 228 g/mol. The maximum atomic E-state index is 11.1. The van der Waals surface area contributed by atoms with Crippen molar-refractivity contribution in [1.29, 1.82) is 5.26 Å². The molecule has 0 aliphatic rings. The van der Waals surface area contributed by atoms with E-state index in [1.54, 1.807) is 0 Å². The van der Waals surface area contributed by atoms with Crippen LogP contribution in [0.3, 0.4) is 0 Å². The minimum Gasteiger partial charge on any atom is -0.755 e. The zero-order valence-electron chi connectivity index (χ0n) is 8.52. The number of rotatable bonds is 4. The molecule has 0 fully saturated rings. The lowest BCUT2D eigenvalue weighted by atomic mass is 10.0. The smallest absolute Gasteiger partial charge is 0.159 e. The van der Waals surface area contributed by atoms with E-state index in [9.17, 15) is 13.6 Å². The van der Waals surface area contributed by atoms with Gasteiger partial charge in [0.15, 0.2) is 5.78 Å². The molecule has 1 unspecified atom stereocenters. The number of ketones is 1. The molecule has 1 N–H and O–H groups in total. The largest absolute Gasteiger partial charge is 0.755 e. The fourth-order valence-electron chi connectivity index (χ4n) is 1.23. The van der Waals surface area contributed by atoms with Gasteiger partial charge < -0.3 is 9.27 Å². The van der Waals surface area contributed by atoms with E-state index in [-0.39, 0.29) is 12.2 Å². The van der Waals surface area contributed by atoms with Crippen molar-refractivity contribution in [3.05, 3.63) is 29.3 Å². The second-order valence-corrected chi connectivity index (χ2v) is 3.77. The van der Waals surface area contributed by atoms with Crippen molar-refractivity contribution in [3.8, 4) is 6.07 Å². The van der Waals surface area contributed by atoms with Crippen LogP contribution in [0.4, 0.5) is 5.69 Å². The molecule has 0 amide bonds. The number of carbonyl (C=O) groups excluding carboxylic acids is 1. The summed E-state index contributed by atoms with van der Waals surface area (Å²) in [5, 5.41) is 8.59. The SMILES string of the molecule is CC(=O)c1ccc(NS(=O)[O-])c(CC#N)c1. The van der Waals surface area contributed by atoms with E-state index < -0.39 is 11.3 Å². The van der Waals surface area contributed by atoms with E-state index >= 15 is 0 Å². The van der Waals surface area contributed by atoms with Gasteiger partial charge in [-0.3, -0.25) is 9.00 Å². The average molecular weight is 237 g/mol. The van der Waals surface area contributed by atoms with Gasteiger partial charge in [0, 0.05) is 22.5 Å². The van der Waals surface area contributed by atoms with Crippen LogP contribution in [-0.4, -0.2) is 14.5 Å². The molecule has 1 atom stereocenters. The van der Waals surface area contributed by atoms with Gasteiger partial charge in [0.25, 0.3) is 0 Å². The molecule has 0 saturated heterocycles. The molecule has 6 heteroatoms. The van der Waals surface area contributed by atoms with Gasteiger partial charge in [0.2, 0.25) is 0 Å². The van der Waals surface area contributed by atoms with Crippen molar-refractivity contribution in [2.45, 2.75) is 13.3 Å². The summed E-state index contributed by atoms with van der Waals surface area (Å²) in [5.41, 5.74) is 1.26. The highest BCUT2D eigenvalue weighted by Crippen LogP contribution is 2.18. The molecule has 16 heavy (non-hydrogen) atoms. The summed E-state index contributed by atoms with van der Waals surface area (Å²) in [5.74, 6) is -0.131. The first-order valence-corrected chi connectivity index (χ1v) is 5.49. The van der Waals surface area contributed by atoms with Crippen LogP contribution in [0, 0.1) is 11.3 Å². The number of hydrogen-bond donors (Lipinski definition) is 1. The predicted molar refractivity (Wildman–Crippen MR) is 58.3 cm³/mol. The summed E-state index contributed by atoms with van der Waals surface area (Å²) in [6, 6.07) is 6.41. The number of benzene rings is 1. The Labute approximate surface area is 95.5 Å². The van der Waals surface area contributed by atoms with Crippen LogP contribution in [0.25, 0.3) is 0 Å². The van der Waals surface area contributed by atoms with Crippen molar-refractivity contribution in [1.82, 2.24) is 0 Å². The number of hydrogen-bond acceptors (Lipinski definition) is 4. The van der Waals surface area contributed by atoms with Crippen LogP contribution in [0.5, 0.6) is 0 Å². The van der Waals surface area contributed by atoms with Gasteiger partial charge in [0.05, 0.1) is 12.5 Å². The molecule has 5 nitrogen and oxygen atoms in total. The van der Waals surface area contributed by atoms with Gasteiger partial charge in [-0.1, -0.05) is 0 Å². The Bertz CT molecular complexity index is 479. The van der Waals surface area contributed by atoms with Crippen LogP contribution in [0.2, 0.25) is 0 Å². The van der Waals surface area contributed by atoms with Crippen molar-refractivity contribution in [2.24, 2.45) is 0 Å². The average Bonchev–Trinajstić information content (AvgIpc) is 2.20. The molecule has 0 spiro atoms. The lowest BCUT2D eigenvalue weighted by molar-refractivity contribution is 0.101. The molecule has 84 valence electrons. The molecule has 0 aliphatic carbocycles. The highest BCUT2D eigenvalue weighted by Gasteiger charge is 2.06. The fraction of sp³-hybridized carbons (Fsp3) is 0.200. The molecule has 0 saturated carbocycles. The van der Waals surface area contributed by atoms with E-state index in [2.05, 4.69) is 4.72 Å². The summed E-state index contributed by atoms with van der Waals surface area (Å²) in [4.78, 5) is 11.1. The van der Waals surface area contributed by atoms with Crippen LogP contribution in [-0.2, 0) is 17.7 Å². The lowest BCUT2D eigenvalue weighted by Crippen LogP contribution is -2.06. The molecule has 1 aromatic rings. The van der Waals surface area contributed by atoms with Gasteiger partial charge in [-0.25, -0.2) is 0 Å². The first kappa shape index (κ1) is 12.4. The van der Waals surface area contributed by atoms with E-state index in [4.69, 9.17) is 5.26 Å². The zero-order valence-corrected chi connectivity index (χ0v) is 9.34. The predicted octanol–water partition coefficient (Wildman–Crippen LogP) is 1.16. The summed E-state index contributed by atoms with van der Waals surface area (Å²) in [7, 11) is 0. The quantitative estimate of drug-likeness (QED) is 0.628. The summed E-state index contributed by atoms with van der Waals surface area (Å²) < 4.78 is 23.1. The van der Waals surface area contributed by atoms with E-state index in [1.165, 1.54) is 25.1 Å². The Morgan fingerprint density at radius 3 is 2.81 bits per heavy atom. The number of nitrogens with zero attached hydrogens (tertiary/aromatic N) is 1. The summed E-state index contributed by atoms with van der Waals surface area (Å²) in [6.45, 7) is 1.41. The Morgan fingerprint density at radius 2 is 2.31 bits per heavy atom. The van der Waals surface area contributed by atoms with Crippen LogP contribution >= 0.6 is 0 Å². The van der Waals surface area contributed by atoms with Gasteiger partial charge in [0.1, 0.15) is 0 Å². The van der Waals surface area contributed by atoms with Crippen molar-refractivity contribution < 1.29 is 13.6 Å². The number of nitriles is 1. The number of Topliss-reactive ketones (excluding diaryl/α,β-unsaturated/α-hetero) is 1. The third kappa shape index (κ3) is 3.15. The molecule has 0 heterocycles. The Kier molecular flexibility index (Phi) is 4.17. The van der Waals surface area contributed by atoms with Crippen molar-refractivity contribution in [3.63, 3.8) is 0 Å². The number of nitrogens with one attached hydrogen (secondary N) is 1. The van der Waals surface area contributed by atoms with Crippen LogP contribution < -0.4 is 4.72 Å². The minimum absolute atomic E-state index is 0.0423. The lowest BCUT2D eigenvalue weighted by Gasteiger charge is -2.12. The molecular formula is C10H9N2O3S-. The molecule has 0 bridgehead atoms. The molecule has 1 aromatic carbocycles. The van der Waals surface area contributed by atoms with E-state index in [0.717, 1.165) is 0 Å². The van der Waals surface area contributed by atoms with Gasteiger partial charge in [-0.05, 0) is 30.7 Å². The van der Waals surface area contributed by atoms with Gasteiger partial charge in [-0.15, -0.1) is 0 Å². The third-order valence-electron chi connectivity index (χ3n) is 1.97. The Balaban J connectivity index is 3.14. The first-order valence-electron chi connectivity index (χ1n) is 4.41. The van der Waals surface area contributed by atoms with E-state index in [0.29, 0.717) is 16.8 Å². The second-order valence-electron chi connectivity index (χ2n) is 3.10. The third-order valence-corrected chi connectivity index (χ3v) is 2.36. The second kappa shape index (κ2) is 5.39. The number of anilines is 1. The maximum absolute atomic E-state index is 11.1. The van der Waals surface area contributed by atoms with E-state index in [1.807, 2.05) is 6.07 Å². The summed E-state index contributed by atoms with van der Waals surface area (Å²) in [6.07, 6.45) is 0.0423. The highest BCUT2D eigenvalue weighted by atomic mass is 32.2. The highest BCUT2D eigenvalue weighted by molar-refractivity contribution is 7.80. The minimum atomic E-state index is -2.44. The molecule has 1 rings (SSSR count). The maximum Gasteiger partial charge on any atom is 0.159 e. The molecule has 0 aromatic heterocycles. The van der Waals surface area contributed by atoms with Crippen molar-refractivity contribution in [2.75, 3.05) is 4.72 Å². The van der Waals surface area contributed by atoms with Gasteiger partial charge >= 0.3 is 0 Å². The van der Waals surface area contributed by atoms with Gasteiger partial charge in [-0.2, -0.15) is 5.26 Å². The van der Waals surface area contributed by atoms with Crippen LogP contribution in [0.15, 0.2) is 18.2 Å². The normalized spacial score (nSPS) is 11.6.